The van der Waals surface area contributed by atoms with Crippen molar-refractivity contribution >= 4 is 39.6 Å². The fraction of sp³-hybridized carbons (Fsp3) is 0.190. The molecule has 3 aromatic heterocycles. The minimum atomic E-state index is -1.72. The summed E-state index contributed by atoms with van der Waals surface area (Å²) in [7, 11) is 0. The van der Waals surface area contributed by atoms with E-state index in [9.17, 15) is 0 Å². The number of furan rings is 1. The minimum Gasteiger partial charge on any atom is 0 e. The molecule has 0 amide bonds. The number of pyridine rings is 2. The quantitative estimate of drug-likeness (QED) is 0.124. The first-order chi connectivity index (χ1) is 22.2. The van der Waals surface area contributed by atoms with Gasteiger partial charge >= 0.3 is 99.8 Å². The van der Waals surface area contributed by atoms with Gasteiger partial charge in [-0.15, -0.1) is 18.2 Å². The second-order valence-electron chi connectivity index (χ2n) is 13.2. The van der Waals surface area contributed by atoms with Crippen molar-refractivity contribution in [3.63, 3.8) is 0 Å². The van der Waals surface area contributed by atoms with Crippen molar-refractivity contribution < 1.29 is 24.5 Å². The van der Waals surface area contributed by atoms with Gasteiger partial charge in [-0.2, -0.15) is 0 Å². The molecular formula is C42H40GeIrN2O-2. The van der Waals surface area contributed by atoms with Crippen LogP contribution in [0, 0.1) is 18.1 Å². The maximum absolute atomic E-state index is 6.31. The Morgan fingerprint density at radius 3 is 2.15 bits per heavy atom. The number of rotatable bonds is 6. The van der Waals surface area contributed by atoms with Gasteiger partial charge in [0.25, 0.3) is 0 Å². The molecule has 3 heterocycles. The van der Waals surface area contributed by atoms with Crippen LogP contribution < -0.4 is 4.40 Å². The van der Waals surface area contributed by atoms with Crippen molar-refractivity contribution in [1.82, 2.24) is 9.97 Å². The van der Waals surface area contributed by atoms with Crippen molar-refractivity contribution in [2.45, 2.75) is 44.0 Å². The van der Waals surface area contributed by atoms with Crippen LogP contribution in [0.1, 0.15) is 32.3 Å². The summed E-state index contributed by atoms with van der Waals surface area (Å²) in [6.07, 6.45) is 3.93. The summed E-state index contributed by atoms with van der Waals surface area (Å²) in [4.78, 5) is 9.18. The van der Waals surface area contributed by atoms with Crippen LogP contribution in [0.4, 0.5) is 0 Å². The van der Waals surface area contributed by atoms with Crippen LogP contribution in [0.2, 0.25) is 17.3 Å². The summed E-state index contributed by atoms with van der Waals surface area (Å²) in [5.74, 6) is 8.18. The molecule has 1 radical (unpaired) electrons. The molecule has 239 valence electrons. The third-order valence-corrected chi connectivity index (χ3v) is 13.0. The number of hydrogen-bond acceptors (Lipinski definition) is 3. The van der Waals surface area contributed by atoms with Gasteiger partial charge in [-0.25, -0.2) is 0 Å². The van der Waals surface area contributed by atoms with Crippen LogP contribution in [0.25, 0.3) is 55.6 Å². The number of aromatic nitrogens is 2. The van der Waals surface area contributed by atoms with E-state index in [4.69, 9.17) is 4.42 Å². The fourth-order valence-corrected chi connectivity index (χ4v) is 7.72. The Bertz CT molecular complexity index is 2060. The van der Waals surface area contributed by atoms with Crippen molar-refractivity contribution in [3.05, 3.63) is 139 Å². The van der Waals surface area contributed by atoms with E-state index in [1.54, 1.807) is 0 Å². The van der Waals surface area contributed by atoms with Gasteiger partial charge in [0.2, 0.25) is 0 Å². The number of fused-ring (bicyclic) bond motifs is 3. The van der Waals surface area contributed by atoms with E-state index in [0.717, 1.165) is 44.5 Å². The zero-order valence-electron chi connectivity index (χ0n) is 27.8. The summed E-state index contributed by atoms with van der Waals surface area (Å²) in [6, 6.07) is 44.0. The van der Waals surface area contributed by atoms with Crippen LogP contribution in [-0.4, -0.2) is 23.2 Å². The normalized spacial score (nSPS) is 12.0. The van der Waals surface area contributed by atoms with E-state index in [2.05, 4.69) is 133 Å². The van der Waals surface area contributed by atoms with Crippen molar-refractivity contribution in [1.29, 1.82) is 0 Å². The van der Waals surface area contributed by atoms with Gasteiger partial charge in [-0.1, -0.05) is 79.7 Å². The Morgan fingerprint density at radius 2 is 1.47 bits per heavy atom. The molecule has 47 heavy (non-hydrogen) atoms. The molecule has 0 aliphatic heterocycles. The van der Waals surface area contributed by atoms with Crippen LogP contribution in [0.15, 0.2) is 126 Å². The van der Waals surface area contributed by atoms with Gasteiger partial charge in [0.1, 0.15) is 5.58 Å². The van der Waals surface area contributed by atoms with E-state index in [-0.39, 0.29) is 20.1 Å². The second kappa shape index (κ2) is 14.9. The molecule has 1 unspecified atom stereocenters. The molecule has 7 aromatic rings. The largest absolute Gasteiger partial charge is 0 e. The van der Waals surface area contributed by atoms with Gasteiger partial charge < -0.3 is 9.40 Å². The molecule has 0 aliphatic carbocycles. The Labute approximate surface area is 295 Å². The fourth-order valence-electron chi connectivity index (χ4n) is 5.54. The Hall–Kier alpha value is -3.83. The Balaban J connectivity index is 0.000000217. The smallest absolute Gasteiger partial charge is 0 e. The first-order valence-corrected chi connectivity index (χ1v) is 23.4. The average molecular weight is 854 g/mol. The van der Waals surface area contributed by atoms with Gasteiger partial charge in [0.15, 0.2) is 0 Å². The number of nitrogens with zero attached hydrogens (tertiary/aromatic N) is 2. The predicted octanol–water partition coefficient (Wildman–Crippen LogP) is 11.0. The Morgan fingerprint density at radius 1 is 0.681 bits per heavy atom. The monoisotopic (exact) mass is 855 g/mol. The third-order valence-electron chi connectivity index (χ3n) is 8.72. The summed E-state index contributed by atoms with van der Waals surface area (Å²) >= 11 is -1.72. The van der Waals surface area contributed by atoms with Crippen molar-refractivity contribution in [3.8, 4) is 33.6 Å². The summed E-state index contributed by atoms with van der Waals surface area (Å²) in [5, 5.41) is 2.22. The summed E-state index contributed by atoms with van der Waals surface area (Å²) < 4.78 is 7.75. The maximum Gasteiger partial charge on any atom is 0 e. The Kier molecular flexibility index (Phi) is 11.0. The van der Waals surface area contributed by atoms with Gasteiger partial charge in [-0.3, -0.25) is 0 Å². The summed E-state index contributed by atoms with van der Waals surface area (Å²) in [6.45, 7) is 6.77. The second-order valence-corrected chi connectivity index (χ2v) is 23.9. The molecule has 0 saturated heterocycles. The molecule has 0 aliphatic rings. The SMILES string of the molecule is CC(C)C(C)c1ccnc(-c2[c-]ccc3c2oc2ccc(-c4ccccc4)cc23)c1.[CH3][Ge]([CH3])([CH3])[c]1ccc(-c2[c-]cccc2)nc1.[Ir]. The van der Waals surface area contributed by atoms with Gasteiger partial charge in [-0.05, 0) is 46.9 Å². The van der Waals surface area contributed by atoms with E-state index in [1.165, 1.54) is 21.1 Å². The van der Waals surface area contributed by atoms with Crippen LogP contribution in [-0.2, 0) is 20.1 Å². The molecule has 0 bridgehead atoms. The minimum absolute atomic E-state index is 0. The van der Waals surface area contributed by atoms with Gasteiger partial charge in [0.05, 0.1) is 5.58 Å². The molecular weight excluding hydrogens is 813 g/mol. The van der Waals surface area contributed by atoms with E-state index < -0.39 is 13.3 Å². The molecule has 0 saturated carbocycles. The van der Waals surface area contributed by atoms with Crippen LogP contribution in [0.3, 0.4) is 0 Å². The zero-order valence-corrected chi connectivity index (χ0v) is 32.3. The molecule has 4 aromatic carbocycles. The number of benzene rings is 4. The van der Waals surface area contributed by atoms with Crippen LogP contribution in [0.5, 0.6) is 0 Å². The molecule has 7 rings (SSSR count). The van der Waals surface area contributed by atoms with Crippen molar-refractivity contribution in [2.24, 2.45) is 5.92 Å². The van der Waals surface area contributed by atoms with Crippen LogP contribution >= 0.6 is 0 Å². The molecule has 0 fully saturated rings. The molecule has 0 N–H and O–H groups in total. The molecule has 0 spiro atoms. The zero-order chi connectivity index (χ0) is 32.3. The predicted molar refractivity (Wildman–Crippen MR) is 196 cm³/mol. The first-order valence-electron chi connectivity index (χ1n) is 16.0. The third kappa shape index (κ3) is 7.84. The summed E-state index contributed by atoms with van der Waals surface area (Å²) in [5.41, 5.74) is 9.32. The van der Waals surface area contributed by atoms with E-state index in [1.807, 2.05) is 48.8 Å². The standard InChI is InChI=1S/C28H24NO.C14H16GeN.Ir/c1-18(2)19(3)21-14-15-29-26(17-21)24-11-7-10-23-25-16-22(20-8-5-4-6-9-20)12-13-27(25)30-28(23)24;1-15(2,3)13-9-10-14(16-11-13)12-7-5-4-6-8-12;/h4-10,12-19H,1-3H3;4-7,9-11H,1-3H3;/q2*-1;. The molecule has 5 heteroatoms. The van der Waals surface area contributed by atoms with Crippen molar-refractivity contribution in [2.75, 3.05) is 0 Å². The number of hydrogen-bond donors (Lipinski definition) is 0. The first kappa shape index (κ1) is 34.5. The topological polar surface area (TPSA) is 38.9 Å². The van der Waals surface area contributed by atoms with Gasteiger partial charge in [0, 0.05) is 31.7 Å². The van der Waals surface area contributed by atoms with E-state index in [0.29, 0.717) is 11.8 Å². The molecule has 3 nitrogen and oxygen atoms in total. The molecule has 1 atom stereocenters. The average Bonchev–Trinajstić information content (AvgIpc) is 3.47. The van der Waals surface area contributed by atoms with E-state index >= 15 is 0 Å². The maximum atomic E-state index is 6.31.